The lowest BCUT2D eigenvalue weighted by atomic mass is 10.1. The molecule has 0 bridgehead atoms. The molecule has 2 rings (SSSR count). The Balaban J connectivity index is 2.15. The zero-order valence-electron chi connectivity index (χ0n) is 14.3. The smallest absolute Gasteiger partial charge is 0.408 e. The molecule has 2 unspecified atom stereocenters. The van der Waals surface area contributed by atoms with E-state index in [9.17, 15) is 19.5 Å². The number of alkyl carbamates (subject to hydrolysis) is 1. The molecule has 1 aliphatic heterocycles. The summed E-state index contributed by atoms with van der Waals surface area (Å²) in [5.74, 6) is -1.45. The minimum absolute atomic E-state index is 0.277. The van der Waals surface area contributed by atoms with Gasteiger partial charge in [0.1, 0.15) is 12.1 Å². The van der Waals surface area contributed by atoms with Crippen molar-refractivity contribution in [2.24, 2.45) is 0 Å². The van der Waals surface area contributed by atoms with E-state index in [1.54, 1.807) is 30.3 Å². The molecule has 0 saturated carbocycles. The Hall–Kier alpha value is -2.57. The van der Waals surface area contributed by atoms with Gasteiger partial charge < -0.3 is 20.1 Å². The predicted octanol–water partition coefficient (Wildman–Crippen LogP) is 2.33. The van der Waals surface area contributed by atoms with Crippen LogP contribution in [0.4, 0.5) is 4.79 Å². The Kier molecular flexibility index (Phi) is 6.80. The number of carboxylic acids is 1. The molecule has 0 radical (unpaired) electrons. The van der Waals surface area contributed by atoms with Gasteiger partial charge in [0.05, 0.1) is 6.61 Å². The van der Waals surface area contributed by atoms with Crippen LogP contribution < -0.4 is 5.32 Å². The zero-order chi connectivity index (χ0) is 18.2. The third-order valence-electron chi connectivity index (χ3n) is 4.19. The Labute approximate surface area is 147 Å². The fraction of sp³-hybridized carbons (Fsp3) is 0.500. The Morgan fingerprint density at radius 1 is 1.32 bits per heavy atom. The summed E-state index contributed by atoms with van der Waals surface area (Å²) in [6.07, 6.45) is 2.00. The fourth-order valence-corrected chi connectivity index (χ4v) is 2.85. The van der Waals surface area contributed by atoms with E-state index in [1.165, 1.54) is 4.90 Å². The molecule has 0 spiro atoms. The van der Waals surface area contributed by atoms with E-state index >= 15 is 0 Å². The molecule has 1 aromatic carbocycles. The van der Waals surface area contributed by atoms with Crippen LogP contribution in [0.25, 0.3) is 0 Å². The number of benzene rings is 1. The summed E-state index contributed by atoms with van der Waals surface area (Å²) in [5, 5.41) is 11.9. The first-order valence-electron chi connectivity index (χ1n) is 8.56. The van der Waals surface area contributed by atoms with E-state index in [-0.39, 0.29) is 6.61 Å². The second-order valence-electron chi connectivity index (χ2n) is 6.01. The highest BCUT2D eigenvalue weighted by molar-refractivity contribution is 5.90. The molecule has 2 atom stereocenters. The minimum atomic E-state index is -1.02. The van der Waals surface area contributed by atoms with E-state index < -0.39 is 30.1 Å². The van der Waals surface area contributed by atoms with Crippen LogP contribution in [0.15, 0.2) is 30.3 Å². The second-order valence-corrected chi connectivity index (χ2v) is 6.01. The average molecular weight is 348 g/mol. The first-order valence-corrected chi connectivity index (χ1v) is 8.56. The van der Waals surface area contributed by atoms with Crippen LogP contribution in [-0.4, -0.2) is 47.2 Å². The molecule has 0 aliphatic carbocycles. The first-order chi connectivity index (χ1) is 12.0. The maximum Gasteiger partial charge on any atom is 0.408 e. The molecular weight excluding hydrogens is 324 g/mol. The summed E-state index contributed by atoms with van der Waals surface area (Å²) in [6, 6.07) is 6.96. The molecule has 1 aliphatic rings. The van der Waals surface area contributed by atoms with E-state index in [0.29, 0.717) is 24.9 Å². The van der Waals surface area contributed by atoms with Crippen molar-refractivity contribution < 1.29 is 24.2 Å². The molecule has 7 heteroatoms. The van der Waals surface area contributed by atoms with Gasteiger partial charge in [-0.1, -0.05) is 43.7 Å². The van der Waals surface area contributed by atoms with Crippen LogP contribution in [0, 0.1) is 0 Å². The quantitative estimate of drug-likeness (QED) is 0.737. The topological polar surface area (TPSA) is 95.9 Å². The molecule has 136 valence electrons. The highest BCUT2D eigenvalue weighted by atomic mass is 16.5. The normalized spacial score (nSPS) is 17.8. The van der Waals surface area contributed by atoms with Crippen molar-refractivity contribution in [3.8, 4) is 0 Å². The molecule has 25 heavy (non-hydrogen) atoms. The van der Waals surface area contributed by atoms with E-state index in [4.69, 9.17) is 4.74 Å². The molecule has 2 N–H and O–H groups in total. The Bertz CT molecular complexity index is 605. The number of unbranched alkanes of at least 4 members (excludes halogenated alkanes) is 1. The number of nitrogens with one attached hydrogen (secondary N) is 1. The van der Waals surface area contributed by atoms with Crippen molar-refractivity contribution in [3.05, 3.63) is 35.9 Å². The van der Waals surface area contributed by atoms with Crippen molar-refractivity contribution in [2.75, 3.05) is 13.2 Å². The van der Waals surface area contributed by atoms with Gasteiger partial charge in [-0.2, -0.15) is 0 Å². The van der Waals surface area contributed by atoms with Gasteiger partial charge in [-0.05, 0) is 24.8 Å². The van der Waals surface area contributed by atoms with Gasteiger partial charge in [-0.25, -0.2) is 9.59 Å². The number of likely N-dealkylation sites (tertiary alicyclic amines) is 1. The number of nitrogens with zero attached hydrogens (tertiary/aromatic N) is 1. The van der Waals surface area contributed by atoms with Crippen LogP contribution in [0.1, 0.15) is 44.2 Å². The van der Waals surface area contributed by atoms with Crippen LogP contribution in [-0.2, 0) is 14.3 Å². The van der Waals surface area contributed by atoms with Crippen molar-refractivity contribution in [1.82, 2.24) is 10.2 Å². The lowest BCUT2D eigenvalue weighted by molar-refractivity contribution is -0.149. The molecule has 1 heterocycles. The summed E-state index contributed by atoms with van der Waals surface area (Å²) in [4.78, 5) is 37.6. The van der Waals surface area contributed by atoms with Gasteiger partial charge in [0.15, 0.2) is 0 Å². The highest BCUT2D eigenvalue weighted by Gasteiger charge is 2.38. The maximum atomic E-state index is 12.9. The number of hydrogen-bond acceptors (Lipinski definition) is 4. The number of carbonyl (C=O) groups is 3. The van der Waals surface area contributed by atoms with Gasteiger partial charge in [-0.15, -0.1) is 0 Å². The molecule has 1 aromatic rings. The number of ether oxygens (including phenoxy) is 1. The van der Waals surface area contributed by atoms with Gasteiger partial charge in [0.2, 0.25) is 0 Å². The van der Waals surface area contributed by atoms with Gasteiger partial charge in [0.25, 0.3) is 5.91 Å². The molecule has 7 nitrogen and oxygen atoms in total. The number of aliphatic carboxylic acids is 1. The van der Waals surface area contributed by atoms with E-state index in [0.717, 1.165) is 12.8 Å². The third kappa shape index (κ3) is 4.95. The van der Waals surface area contributed by atoms with Crippen molar-refractivity contribution in [3.63, 3.8) is 0 Å². The summed E-state index contributed by atoms with van der Waals surface area (Å²) >= 11 is 0. The lowest BCUT2D eigenvalue weighted by Gasteiger charge is -2.27. The fourth-order valence-electron chi connectivity index (χ4n) is 2.85. The molecule has 2 amide bonds. The summed E-state index contributed by atoms with van der Waals surface area (Å²) in [5.41, 5.74) is 0.594. The Morgan fingerprint density at radius 2 is 2.04 bits per heavy atom. The number of carbonyl (C=O) groups excluding carboxylic acids is 2. The zero-order valence-corrected chi connectivity index (χ0v) is 14.3. The van der Waals surface area contributed by atoms with Gasteiger partial charge in [0, 0.05) is 6.54 Å². The SMILES string of the molecule is CCCCOC(=O)NC(C(=O)N1CCCC1C(=O)O)c1ccccc1. The standard InChI is InChI=1S/C18H24N2O5/c1-2-3-12-25-18(24)19-15(13-8-5-4-6-9-13)16(21)20-11-7-10-14(20)17(22)23/h4-6,8-9,14-15H,2-3,7,10-12H2,1H3,(H,19,24)(H,22,23). The highest BCUT2D eigenvalue weighted by Crippen LogP contribution is 2.24. The van der Waals surface area contributed by atoms with E-state index in [2.05, 4.69) is 5.32 Å². The predicted molar refractivity (Wildman–Crippen MR) is 90.9 cm³/mol. The van der Waals surface area contributed by atoms with E-state index in [1.807, 2.05) is 6.92 Å². The average Bonchev–Trinajstić information content (AvgIpc) is 3.10. The van der Waals surface area contributed by atoms with Gasteiger partial charge >= 0.3 is 12.1 Å². The van der Waals surface area contributed by atoms with Crippen LogP contribution in [0.5, 0.6) is 0 Å². The Morgan fingerprint density at radius 3 is 2.68 bits per heavy atom. The third-order valence-corrected chi connectivity index (χ3v) is 4.19. The molecule has 0 aromatic heterocycles. The number of carboxylic acid groups (broad SMARTS) is 1. The van der Waals surface area contributed by atoms with Crippen LogP contribution >= 0.6 is 0 Å². The number of amides is 2. The lowest BCUT2D eigenvalue weighted by Crippen LogP contribution is -2.47. The number of rotatable bonds is 7. The van der Waals surface area contributed by atoms with Crippen molar-refractivity contribution >= 4 is 18.0 Å². The number of hydrogen-bond donors (Lipinski definition) is 2. The monoisotopic (exact) mass is 348 g/mol. The summed E-state index contributed by atoms with van der Waals surface area (Å²) in [7, 11) is 0. The van der Waals surface area contributed by atoms with Crippen LogP contribution in [0.3, 0.4) is 0 Å². The minimum Gasteiger partial charge on any atom is -0.480 e. The first kappa shape index (κ1) is 18.8. The van der Waals surface area contributed by atoms with Crippen LogP contribution in [0.2, 0.25) is 0 Å². The summed E-state index contributed by atoms with van der Waals surface area (Å²) < 4.78 is 5.08. The van der Waals surface area contributed by atoms with Crippen molar-refractivity contribution in [1.29, 1.82) is 0 Å². The molecular formula is C18H24N2O5. The van der Waals surface area contributed by atoms with Gasteiger partial charge in [-0.3, -0.25) is 4.79 Å². The summed E-state index contributed by atoms with van der Waals surface area (Å²) in [6.45, 7) is 2.63. The van der Waals surface area contributed by atoms with Crippen molar-refractivity contribution in [2.45, 2.75) is 44.7 Å². The molecule has 1 fully saturated rings. The largest absolute Gasteiger partial charge is 0.480 e. The molecule has 1 saturated heterocycles. The second kappa shape index (κ2) is 9.05. The maximum absolute atomic E-state index is 12.9.